The van der Waals surface area contributed by atoms with Crippen molar-refractivity contribution < 1.29 is 4.79 Å². The summed E-state index contributed by atoms with van der Waals surface area (Å²) in [5, 5.41) is 3.03. The molecule has 2 aromatic rings. The molecular formula is C20H25N3O. The van der Waals surface area contributed by atoms with E-state index in [1.165, 1.54) is 5.69 Å². The normalized spacial score (nSPS) is 20.8. The standard InChI is InChI=1S/C20H25N3O/c1-16-14-22(20(24)21-13-18-9-5-3-6-10-18)15-17(2)23(16)19-11-7-4-8-12-19/h3-12,16-17H,13-15H2,1-2H3,(H,21,24). The van der Waals surface area contributed by atoms with Gasteiger partial charge in [-0.25, -0.2) is 4.79 Å². The van der Waals surface area contributed by atoms with Gasteiger partial charge < -0.3 is 15.1 Å². The van der Waals surface area contributed by atoms with Gasteiger partial charge in [0.15, 0.2) is 0 Å². The van der Waals surface area contributed by atoms with Crippen LogP contribution < -0.4 is 10.2 Å². The Morgan fingerprint density at radius 1 is 0.958 bits per heavy atom. The number of benzene rings is 2. The highest BCUT2D eigenvalue weighted by Gasteiger charge is 2.31. The van der Waals surface area contributed by atoms with Gasteiger partial charge in [-0.2, -0.15) is 0 Å². The van der Waals surface area contributed by atoms with E-state index in [1.807, 2.05) is 41.3 Å². The van der Waals surface area contributed by atoms with Crippen molar-refractivity contribution in [1.29, 1.82) is 0 Å². The molecule has 1 aliphatic heterocycles. The SMILES string of the molecule is CC1CN(C(=O)NCc2ccccc2)CC(C)N1c1ccccc1. The Hall–Kier alpha value is -2.49. The van der Waals surface area contributed by atoms with E-state index in [4.69, 9.17) is 0 Å². The van der Waals surface area contributed by atoms with Crippen molar-refractivity contribution in [2.24, 2.45) is 0 Å². The number of piperazine rings is 1. The molecule has 4 nitrogen and oxygen atoms in total. The van der Waals surface area contributed by atoms with E-state index in [2.05, 4.69) is 48.3 Å². The number of hydrogen-bond donors (Lipinski definition) is 1. The summed E-state index contributed by atoms with van der Waals surface area (Å²) in [5.74, 6) is 0. The molecule has 24 heavy (non-hydrogen) atoms. The van der Waals surface area contributed by atoms with Crippen LogP contribution in [0.4, 0.5) is 10.5 Å². The predicted molar refractivity (Wildman–Crippen MR) is 98.1 cm³/mol. The quantitative estimate of drug-likeness (QED) is 0.938. The molecular weight excluding hydrogens is 298 g/mol. The molecule has 2 unspecified atom stereocenters. The Labute approximate surface area is 144 Å². The third kappa shape index (κ3) is 3.70. The smallest absolute Gasteiger partial charge is 0.317 e. The van der Waals surface area contributed by atoms with Crippen LogP contribution in [0.15, 0.2) is 60.7 Å². The molecule has 2 amide bonds. The van der Waals surface area contributed by atoms with Crippen molar-refractivity contribution in [1.82, 2.24) is 10.2 Å². The van der Waals surface area contributed by atoms with Crippen molar-refractivity contribution in [3.05, 3.63) is 66.2 Å². The first-order chi connectivity index (χ1) is 11.6. The van der Waals surface area contributed by atoms with Gasteiger partial charge in [-0.05, 0) is 31.5 Å². The summed E-state index contributed by atoms with van der Waals surface area (Å²) in [7, 11) is 0. The molecule has 0 radical (unpaired) electrons. The second kappa shape index (κ2) is 7.39. The Morgan fingerprint density at radius 3 is 2.08 bits per heavy atom. The minimum Gasteiger partial charge on any atom is -0.363 e. The molecule has 1 N–H and O–H groups in total. The summed E-state index contributed by atoms with van der Waals surface area (Å²) in [6, 6.07) is 21.1. The number of nitrogens with one attached hydrogen (secondary N) is 1. The van der Waals surface area contributed by atoms with Gasteiger partial charge in [-0.3, -0.25) is 0 Å². The number of amides is 2. The number of hydrogen-bond acceptors (Lipinski definition) is 2. The first-order valence-electron chi connectivity index (χ1n) is 8.55. The first kappa shape index (κ1) is 16.4. The summed E-state index contributed by atoms with van der Waals surface area (Å²) < 4.78 is 0. The maximum atomic E-state index is 12.5. The zero-order valence-corrected chi connectivity index (χ0v) is 14.4. The highest BCUT2D eigenvalue weighted by molar-refractivity contribution is 5.74. The summed E-state index contributed by atoms with van der Waals surface area (Å²) in [4.78, 5) is 16.8. The second-order valence-electron chi connectivity index (χ2n) is 6.49. The minimum absolute atomic E-state index is 0.0188. The summed E-state index contributed by atoms with van der Waals surface area (Å²) >= 11 is 0. The van der Waals surface area contributed by atoms with E-state index in [0.29, 0.717) is 18.6 Å². The highest BCUT2D eigenvalue weighted by Crippen LogP contribution is 2.24. The van der Waals surface area contributed by atoms with Gasteiger partial charge in [0, 0.05) is 37.4 Å². The fourth-order valence-electron chi connectivity index (χ4n) is 3.48. The van der Waals surface area contributed by atoms with Gasteiger partial charge >= 0.3 is 6.03 Å². The number of urea groups is 1. The highest BCUT2D eigenvalue weighted by atomic mass is 16.2. The van der Waals surface area contributed by atoms with Crippen molar-refractivity contribution in [3.8, 4) is 0 Å². The largest absolute Gasteiger partial charge is 0.363 e. The molecule has 1 heterocycles. The summed E-state index contributed by atoms with van der Waals surface area (Å²) in [6.45, 7) is 6.40. The Kier molecular flexibility index (Phi) is 5.04. The number of para-hydroxylation sites is 1. The average Bonchev–Trinajstić information content (AvgIpc) is 2.61. The lowest BCUT2D eigenvalue weighted by atomic mass is 10.1. The molecule has 1 fully saturated rings. The zero-order valence-electron chi connectivity index (χ0n) is 14.4. The van der Waals surface area contributed by atoms with Crippen molar-refractivity contribution in [3.63, 3.8) is 0 Å². The number of carbonyl (C=O) groups excluding carboxylic acids is 1. The molecule has 1 saturated heterocycles. The van der Waals surface area contributed by atoms with Crippen molar-refractivity contribution in [2.75, 3.05) is 18.0 Å². The maximum absolute atomic E-state index is 12.5. The summed E-state index contributed by atoms with van der Waals surface area (Å²) in [5.41, 5.74) is 2.34. The molecule has 0 bridgehead atoms. The molecule has 0 saturated carbocycles. The number of rotatable bonds is 3. The molecule has 2 aromatic carbocycles. The van der Waals surface area contributed by atoms with E-state index in [1.54, 1.807) is 0 Å². The van der Waals surface area contributed by atoms with Gasteiger partial charge in [-0.15, -0.1) is 0 Å². The fourth-order valence-corrected chi connectivity index (χ4v) is 3.48. The van der Waals surface area contributed by atoms with Gasteiger partial charge in [-0.1, -0.05) is 48.5 Å². The molecule has 4 heteroatoms. The monoisotopic (exact) mass is 323 g/mol. The number of carbonyl (C=O) groups is 1. The van der Waals surface area contributed by atoms with E-state index >= 15 is 0 Å². The molecule has 0 spiro atoms. The lowest BCUT2D eigenvalue weighted by Crippen LogP contribution is -2.59. The average molecular weight is 323 g/mol. The van der Waals surface area contributed by atoms with Crippen LogP contribution in [-0.4, -0.2) is 36.1 Å². The van der Waals surface area contributed by atoms with E-state index in [0.717, 1.165) is 18.7 Å². The fraction of sp³-hybridized carbons (Fsp3) is 0.350. The van der Waals surface area contributed by atoms with Crippen molar-refractivity contribution in [2.45, 2.75) is 32.5 Å². The lowest BCUT2D eigenvalue weighted by Gasteiger charge is -2.45. The van der Waals surface area contributed by atoms with Gasteiger partial charge in [0.05, 0.1) is 0 Å². The maximum Gasteiger partial charge on any atom is 0.317 e. The predicted octanol–water partition coefficient (Wildman–Crippen LogP) is 3.50. The molecule has 1 aliphatic rings. The Morgan fingerprint density at radius 2 is 1.50 bits per heavy atom. The van der Waals surface area contributed by atoms with Crippen LogP contribution in [0.25, 0.3) is 0 Å². The van der Waals surface area contributed by atoms with Crippen LogP contribution in [0.5, 0.6) is 0 Å². The zero-order chi connectivity index (χ0) is 16.9. The second-order valence-corrected chi connectivity index (χ2v) is 6.49. The Bertz CT molecular complexity index is 647. The van der Waals surface area contributed by atoms with E-state index < -0.39 is 0 Å². The van der Waals surface area contributed by atoms with E-state index in [9.17, 15) is 4.79 Å². The topological polar surface area (TPSA) is 35.6 Å². The third-order valence-corrected chi connectivity index (χ3v) is 4.55. The third-order valence-electron chi connectivity index (χ3n) is 4.55. The van der Waals surface area contributed by atoms with Gasteiger partial charge in [0.25, 0.3) is 0 Å². The van der Waals surface area contributed by atoms with Gasteiger partial charge in [0.1, 0.15) is 0 Å². The van der Waals surface area contributed by atoms with Crippen LogP contribution in [0.1, 0.15) is 19.4 Å². The first-order valence-corrected chi connectivity index (χ1v) is 8.55. The van der Waals surface area contributed by atoms with E-state index in [-0.39, 0.29) is 6.03 Å². The summed E-state index contributed by atoms with van der Waals surface area (Å²) in [6.07, 6.45) is 0. The number of anilines is 1. The molecule has 126 valence electrons. The molecule has 3 rings (SSSR count). The molecule has 0 aromatic heterocycles. The van der Waals surface area contributed by atoms with Crippen LogP contribution in [0.2, 0.25) is 0 Å². The molecule has 2 atom stereocenters. The van der Waals surface area contributed by atoms with Gasteiger partial charge in [0.2, 0.25) is 0 Å². The lowest BCUT2D eigenvalue weighted by molar-refractivity contribution is 0.176. The Balaban J connectivity index is 1.60. The number of nitrogens with zero attached hydrogens (tertiary/aromatic N) is 2. The molecule has 0 aliphatic carbocycles. The van der Waals surface area contributed by atoms with Crippen LogP contribution in [0.3, 0.4) is 0 Å². The van der Waals surface area contributed by atoms with Crippen molar-refractivity contribution >= 4 is 11.7 Å². The van der Waals surface area contributed by atoms with Crippen LogP contribution in [0, 0.1) is 0 Å². The van der Waals surface area contributed by atoms with Crippen LogP contribution >= 0.6 is 0 Å². The van der Waals surface area contributed by atoms with Crippen LogP contribution in [-0.2, 0) is 6.54 Å². The minimum atomic E-state index is 0.0188.